The molecule has 0 saturated carbocycles. The second kappa shape index (κ2) is 7.86. The lowest BCUT2D eigenvalue weighted by Crippen LogP contribution is -2.49. The number of anilines is 1. The van der Waals surface area contributed by atoms with E-state index in [4.69, 9.17) is 16.3 Å². The normalized spacial score (nSPS) is 15.9. The van der Waals surface area contributed by atoms with Gasteiger partial charge in [-0.1, -0.05) is 36.7 Å². The van der Waals surface area contributed by atoms with Crippen molar-refractivity contribution >= 4 is 27.3 Å². The van der Waals surface area contributed by atoms with Crippen LogP contribution in [-0.2, 0) is 16.4 Å². The molecule has 140 valence electrons. The molecule has 1 heterocycles. The Balaban J connectivity index is 1.79. The number of piperazine rings is 1. The summed E-state index contributed by atoms with van der Waals surface area (Å²) in [6, 6.07) is 12.9. The zero-order valence-corrected chi connectivity index (χ0v) is 16.6. The molecule has 1 saturated heterocycles. The highest BCUT2D eigenvalue weighted by atomic mass is 35.5. The number of hydrogen-bond acceptors (Lipinski definition) is 4. The second-order valence-corrected chi connectivity index (χ2v) is 8.51. The first-order chi connectivity index (χ1) is 12.5. The lowest BCUT2D eigenvalue weighted by Gasteiger charge is -2.36. The van der Waals surface area contributed by atoms with E-state index in [2.05, 4.69) is 24.0 Å². The summed E-state index contributed by atoms with van der Waals surface area (Å²) in [6.45, 7) is 4.32. The van der Waals surface area contributed by atoms with Crippen molar-refractivity contribution in [1.29, 1.82) is 0 Å². The molecule has 2 aromatic carbocycles. The first-order valence-corrected chi connectivity index (χ1v) is 10.5. The molecular formula is C19H23ClN2O3S. The summed E-state index contributed by atoms with van der Waals surface area (Å²) in [4.78, 5) is 2.41. The van der Waals surface area contributed by atoms with Crippen LogP contribution in [0.4, 0.5) is 5.69 Å². The second-order valence-electron chi connectivity index (χ2n) is 6.17. The summed E-state index contributed by atoms with van der Waals surface area (Å²) in [6.07, 6.45) is 0.955. The molecule has 0 radical (unpaired) electrons. The fourth-order valence-electron chi connectivity index (χ4n) is 3.28. The Kier molecular flexibility index (Phi) is 5.75. The SMILES string of the molecule is CCc1ccccc1N1CCN(S(=O)(=O)c2ccc(Cl)cc2OC)CC1. The lowest BCUT2D eigenvalue weighted by atomic mass is 10.1. The van der Waals surface area contributed by atoms with E-state index in [1.165, 1.54) is 34.8 Å². The molecule has 0 aromatic heterocycles. The van der Waals surface area contributed by atoms with E-state index in [1.54, 1.807) is 6.07 Å². The zero-order valence-electron chi connectivity index (χ0n) is 15.0. The molecule has 0 bridgehead atoms. The van der Waals surface area contributed by atoms with Crippen LogP contribution >= 0.6 is 11.6 Å². The van der Waals surface area contributed by atoms with Crippen LogP contribution in [0.25, 0.3) is 0 Å². The van der Waals surface area contributed by atoms with Crippen molar-refractivity contribution in [3.63, 3.8) is 0 Å². The van der Waals surface area contributed by atoms with E-state index in [0.29, 0.717) is 31.2 Å². The number of halogens is 1. The first-order valence-electron chi connectivity index (χ1n) is 8.64. The van der Waals surface area contributed by atoms with Crippen LogP contribution in [0.3, 0.4) is 0 Å². The van der Waals surface area contributed by atoms with E-state index in [0.717, 1.165) is 6.42 Å². The van der Waals surface area contributed by atoms with Gasteiger partial charge in [-0.3, -0.25) is 0 Å². The van der Waals surface area contributed by atoms with Gasteiger partial charge in [-0.15, -0.1) is 0 Å². The highest BCUT2D eigenvalue weighted by molar-refractivity contribution is 7.89. The van der Waals surface area contributed by atoms with Gasteiger partial charge in [-0.2, -0.15) is 4.31 Å². The fourth-order valence-corrected chi connectivity index (χ4v) is 5.00. The van der Waals surface area contributed by atoms with Gasteiger partial charge in [0.1, 0.15) is 10.6 Å². The predicted octanol–water partition coefficient (Wildman–Crippen LogP) is 3.42. The summed E-state index contributed by atoms with van der Waals surface area (Å²) < 4.78 is 32.8. The van der Waals surface area contributed by atoms with Gasteiger partial charge in [0.15, 0.2) is 0 Å². The lowest BCUT2D eigenvalue weighted by molar-refractivity contribution is 0.374. The van der Waals surface area contributed by atoms with Gasteiger partial charge in [0.25, 0.3) is 0 Å². The number of aryl methyl sites for hydroxylation is 1. The third-order valence-corrected chi connectivity index (χ3v) is 6.87. The van der Waals surface area contributed by atoms with Crippen molar-refractivity contribution in [3.05, 3.63) is 53.1 Å². The van der Waals surface area contributed by atoms with Gasteiger partial charge in [0.2, 0.25) is 10.0 Å². The largest absolute Gasteiger partial charge is 0.495 e. The molecule has 0 atom stereocenters. The molecular weight excluding hydrogens is 372 g/mol. The standard InChI is InChI=1S/C19H23ClN2O3S/c1-3-15-6-4-5-7-17(15)21-10-12-22(13-11-21)26(23,24)19-9-8-16(20)14-18(19)25-2/h4-9,14H,3,10-13H2,1-2H3. The zero-order chi connectivity index (χ0) is 18.7. The van der Waals surface area contributed by atoms with E-state index in [1.807, 2.05) is 12.1 Å². The number of benzene rings is 2. The van der Waals surface area contributed by atoms with Crippen molar-refractivity contribution in [2.75, 3.05) is 38.2 Å². The third kappa shape index (κ3) is 3.68. The van der Waals surface area contributed by atoms with Crippen LogP contribution in [0.15, 0.2) is 47.4 Å². The molecule has 1 aliphatic rings. The van der Waals surface area contributed by atoms with Crippen molar-refractivity contribution in [3.8, 4) is 5.75 Å². The summed E-state index contributed by atoms with van der Waals surface area (Å²) in [5, 5.41) is 0.446. The van der Waals surface area contributed by atoms with Crippen molar-refractivity contribution in [2.24, 2.45) is 0 Å². The van der Waals surface area contributed by atoms with Gasteiger partial charge >= 0.3 is 0 Å². The number of nitrogens with zero attached hydrogens (tertiary/aromatic N) is 2. The number of hydrogen-bond donors (Lipinski definition) is 0. The molecule has 5 nitrogen and oxygen atoms in total. The number of methoxy groups -OCH3 is 1. The van der Waals surface area contributed by atoms with Crippen molar-refractivity contribution in [1.82, 2.24) is 4.31 Å². The van der Waals surface area contributed by atoms with Crippen LogP contribution in [0.2, 0.25) is 5.02 Å². The Morgan fingerprint density at radius 1 is 1.08 bits per heavy atom. The number of para-hydroxylation sites is 1. The van der Waals surface area contributed by atoms with Crippen LogP contribution in [0, 0.1) is 0 Å². The minimum atomic E-state index is -3.62. The Bertz CT molecular complexity index is 878. The van der Waals surface area contributed by atoms with Crippen LogP contribution in [-0.4, -0.2) is 46.0 Å². The van der Waals surface area contributed by atoms with E-state index in [9.17, 15) is 8.42 Å². The van der Waals surface area contributed by atoms with E-state index in [-0.39, 0.29) is 10.6 Å². The minimum absolute atomic E-state index is 0.159. The van der Waals surface area contributed by atoms with Crippen LogP contribution in [0.5, 0.6) is 5.75 Å². The Hall–Kier alpha value is -1.76. The Morgan fingerprint density at radius 2 is 1.77 bits per heavy atom. The van der Waals surface area contributed by atoms with Gasteiger partial charge in [-0.25, -0.2) is 8.42 Å². The monoisotopic (exact) mass is 394 g/mol. The predicted molar refractivity (Wildman–Crippen MR) is 105 cm³/mol. The molecule has 0 unspecified atom stereocenters. The maximum Gasteiger partial charge on any atom is 0.246 e. The van der Waals surface area contributed by atoms with Crippen molar-refractivity contribution < 1.29 is 13.2 Å². The Labute approximate surface area is 160 Å². The van der Waals surface area contributed by atoms with E-state index >= 15 is 0 Å². The minimum Gasteiger partial charge on any atom is -0.495 e. The molecule has 7 heteroatoms. The van der Waals surface area contributed by atoms with Crippen LogP contribution < -0.4 is 9.64 Å². The molecule has 0 aliphatic carbocycles. The molecule has 3 rings (SSSR count). The summed E-state index contributed by atoms with van der Waals surface area (Å²) in [7, 11) is -2.17. The summed E-state index contributed by atoms with van der Waals surface area (Å²) in [5.41, 5.74) is 2.47. The quantitative estimate of drug-likeness (QED) is 0.779. The highest BCUT2D eigenvalue weighted by Crippen LogP contribution is 2.31. The molecule has 2 aromatic rings. The van der Waals surface area contributed by atoms with Gasteiger partial charge in [-0.05, 0) is 30.2 Å². The van der Waals surface area contributed by atoms with Gasteiger partial charge < -0.3 is 9.64 Å². The molecule has 1 aliphatic heterocycles. The topological polar surface area (TPSA) is 49.9 Å². The molecule has 0 amide bonds. The fraction of sp³-hybridized carbons (Fsp3) is 0.368. The molecule has 26 heavy (non-hydrogen) atoms. The average molecular weight is 395 g/mol. The average Bonchev–Trinajstić information content (AvgIpc) is 2.67. The Morgan fingerprint density at radius 3 is 2.42 bits per heavy atom. The highest BCUT2D eigenvalue weighted by Gasteiger charge is 2.31. The van der Waals surface area contributed by atoms with Crippen molar-refractivity contribution in [2.45, 2.75) is 18.2 Å². The number of sulfonamides is 1. The number of ether oxygens (including phenoxy) is 1. The first kappa shape index (κ1) is 19.0. The molecule has 1 fully saturated rings. The summed E-state index contributed by atoms with van der Waals surface area (Å²) >= 11 is 5.95. The molecule has 0 spiro atoms. The maximum atomic E-state index is 13.0. The summed E-state index contributed by atoms with van der Waals surface area (Å²) in [5.74, 6) is 0.274. The smallest absolute Gasteiger partial charge is 0.246 e. The number of rotatable bonds is 5. The third-order valence-electron chi connectivity index (χ3n) is 4.70. The van der Waals surface area contributed by atoms with Crippen LogP contribution in [0.1, 0.15) is 12.5 Å². The maximum absolute atomic E-state index is 13.0. The molecule has 0 N–H and O–H groups in total. The van der Waals surface area contributed by atoms with Gasteiger partial charge in [0, 0.05) is 43.0 Å². The van der Waals surface area contributed by atoms with E-state index < -0.39 is 10.0 Å². The van der Waals surface area contributed by atoms with Gasteiger partial charge in [0.05, 0.1) is 7.11 Å².